The van der Waals surface area contributed by atoms with Crippen LogP contribution in [0.15, 0.2) is 53.3 Å². The maximum atomic E-state index is 14.9. The highest BCUT2D eigenvalue weighted by atomic mass is 19.4. The summed E-state index contributed by atoms with van der Waals surface area (Å²) in [4.78, 5) is 26.0. The number of hydrogen-bond donors (Lipinski definition) is 2. The first-order chi connectivity index (χ1) is 18.0. The number of nitrogens with zero attached hydrogens (tertiary/aromatic N) is 4. The van der Waals surface area contributed by atoms with Gasteiger partial charge in [0.05, 0.1) is 10.9 Å². The van der Waals surface area contributed by atoms with Crippen LogP contribution in [-0.4, -0.2) is 52.1 Å². The molecule has 1 aliphatic rings. The number of nitrogens with one attached hydrogen (secondary N) is 1. The molecule has 1 fully saturated rings. The van der Waals surface area contributed by atoms with Crippen molar-refractivity contribution < 1.29 is 17.6 Å². The normalized spacial score (nSPS) is 15.0. The number of H-pyrrole nitrogens is 1. The van der Waals surface area contributed by atoms with Gasteiger partial charge in [-0.3, -0.25) is 9.69 Å². The molecule has 38 heavy (non-hydrogen) atoms. The summed E-state index contributed by atoms with van der Waals surface area (Å²) in [6.07, 6.45) is -4.82. The third-order valence-electron chi connectivity index (χ3n) is 6.88. The lowest BCUT2D eigenvalue weighted by Crippen LogP contribution is -2.48. The highest BCUT2D eigenvalue weighted by Gasteiger charge is 2.34. The van der Waals surface area contributed by atoms with Gasteiger partial charge in [-0.15, -0.1) is 0 Å². The van der Waals surface area contributed by atoms with Gasteiger partial charge in [0.2, 0.25) is 11.8 Å². The van der Waals surface area contributed by atoms with Crippen molar-refractivity contribution in [2.45, 2.75) is 26.1 Å². The lowest BCUT2D eigenvalue weighted by Gasteiger charge is -2.38. The summed E-state index contributed by atoms with van der Waals surface area (Å²) in [7, 11) is 0. The highest BCUT2D eigenvalue weighted by molar-refractivity contribution is 5.87. The van der Waals surface area contributed by atoms with E-state index in [9.17, 15) is 22.4 Å². The molecule has 198 valence electrons. The van der Waals surface area contributed by atoms with Crippen molar-refractivity contribution in [3.05, 3.63) is 70.7 Å². The van der Waals surface area contributed by atoms with E-state index in [-0.39, 0.29) is 22.3 Å². The molecule has 0 unspecified atom stereocenters. The molecule has 4 aromatic rings. The summed E-state index contributed by atoms with van der Waals surface area (Å²) < 4.78 is 54.4. The van der Waals surface area contributed by atoms with Crippen LogP contribution < -0.4 is 16.2 Å². The van der Waals surface area contributed by atoms with Crippen molar-refractivity contribution in [2.75, 3.05) is 36.8 Å². The Labute approximate surface area is 215 Å². The molecule has 0 radical (unpaired) electrons. The molecular formula is C27H26F4N6O. The summed E-state index contributed by atoms with van der Waals surface area (Å²) in [6, 6.07) is 13.7. The van der Waals surface area contributed by atoms with Gasteiger partial charge in [-0.25, -0.2) is 9.97 Å². The van der Waals surface area contributed by atoms with Crippen molar-refractivity contribution in [3.63, 3.8) is 0 Å². The second-order valence-corrected chi connectivity index (χ2v) is 9.57. The molecule has 0 aliphatic carbocycles. The number of pyridine rings is 1. The predicted molar refractivity (Wildman–Crippen MR) is 139 cm³/mol. The fourth-order valence-electron chi connectivity index (χ4n) is 4.73. The van der Waals surface area contributed by atoms with E-state index >= 15 is 0 Å². The van der Waals surface area contributed by atoms with Crippen LogP contribution in [0.5, 0.6) is 0 Å². The molecule has 7 nitrogen and oxygen atoms in total. The number of rotatable bonds is 4. The average Bonchev–Trinajstić information content (AvgIpc) is 2.88. The number of anilines is 2. The van der Waals surface area contributed by atoms with Crippen LogP contribution in [0, 0.1) is 5.95 Å². The Morgan fingerprint density at radius 2 is 1.58 bits per heavy atom. The number of nitrogen functional groups attached to an aromatic ring is 1. The second kappa shape index (κ2) is 9.71. The number of nitrogens with two attached hydrogens (primary N) is 1. The molecule has 11 heteroatoms. The SMILES string of the molecule is CC(C)N1CCN(c2ccc(-c3cc(-c4ccc5c(=O)[nH]c(C(F)(F)F)nc5c4)c(N)nc3F)cc2)CC1. The first kappa shape index (κ1) is 25.7. The van der Waals surface area contributed by atoms with Gasteiger partial charge in [0, 0.05) is 49.0 Å². The zero-order chi connectivity index (χ0) is 27.2. The van der Waals surface area contributed by atoms with E-state index in [1.165, 1.54) is 24.3 Å². The molecular weight excluding hydrogens is 500 g/mol. The summed E-state index contributed by atoms with van der Waals surface area (Å²) in [5.74, 6) is -2.30. The fourth-order valence-corrected chi connectivity index (χ4v) is 4.73. The molecule has 0 amide bonds. The molecule has 5 rings (SSSR count). The van der Waals surface area contributed by atoms with Gasteiger partial charge in [0.25, 0.3) is 5.56 Å². The number of benzene rings is 2. The van der Waals surface area contributed by atoms with Crippen molar-refractivity contribution in [2.24, 2.45) is 0 Å². The molecule has 3 N–H and O–H groups in total. The summed E-state index contributed by atoms with van der Waals surface area (Å²) in [5, 5.41) is -0.0135. The quantitative estimate of drug-likeness (QED) is 0.290. The monoisotopic (exact) mass is 526 g/mol. The number of alkyl halides is 3. The molecule has 1 aliphatic heterocycles. The maximum Gasteiger partial charge on any atom is 0.449 e. The van der Waals surface area contributed by atoms with Crippen LogP contribution >= 0.6 is 0 Å². The third kappa shape index (κ3) is 4.93. The second-order valence-electron chi connectivity index (χ2n) is 9.57. The van der Waals surface area contributed by atoms with Crippen LogP contribution in [-0.2, 0) is 6.18 Å². The van der Waals surface area contributed by atoms with Crippen LogP contribution in [0.3, 0.4) is 0 Å². The van der Waals surface area contributed by atoms with E-state index in [4.69, 9.17) is 5.73 Å². The van der Waals surface area contributed by atoms with Gasteiger partial charge < -0.3 is 15.6 Å². The van der Waals surface area contributed by atoms with Gasteiger partial charge in [-0.05, 0) is 55.3 Å². The third-order valence-corrected chi connectivity index (χ3v) is 6.88. The number of aromatic nitrogens is 3. The Morgan fingerprint density at radius 3 is 2.21 bits per heavy atom. The number of piperazine rings is 1. The van der Waals surface area contributed by atoms with E-state index in [0.717, 1.165) is 31.9 Å². The van der Waals surface area contributed by atoms with Crippen molar-refractivity contribution in [1.82, 2.24) is 19.9 Å². The van der Waals surface area contributed by atoms with E-state index in [2.05, 4.69) is 33.6 Å². The van der Waals surface area contributed by atoms with Crippen LogP contribution in [0.2, 0.25) is 0 Å². The van der Waals surface area contributed by atoms with Crippen LogP contribution in [0.1, 0.15) is 19.7 Å². The smallest absolute Gasteiger partial charge is 0.383 e. The largest absolute Gasteiger partial charge is 0.449 e. The summed E-state index contributed by atoms with van der Waals surface area (Å²) in [5.41, 5.74) is 7.40. The summed E-state index contributed by atoms with van der Waals surface area (Å²) in [6.45, 7) is 8.10. The van der Waals surface area contributed by atoms with Crippen LogP contribution in [0.25, 0.3) is 33.2 Å². The molecule has 2 aromatic heterocycles. The molecule has 0 atom stereocenters. The minimum Gasteiger partial charge on any atom is -0.383 e. The first-order valence-electron chi connectivity index (χ1n) is 12.2. The van der Waals surface area contributed by atoms with Crippen molar-refractivity contribution in [3.8, 4) is 22.3 Å². The molecule has 1 saturated heterocycles. The van der Waals surface area contributed by atoms with Gasteiger partial charge >= 0.3 is 6.18 Å². The van der Waals surface area contributed by atoms with Crippen LogP contribution in [0.4, 0.5) is 29.1 Å². The Bertz CT molecular complexity index is 1540. The Balaban J connectivity index is 1.47. The maximum absolute atomic E-state index is 14.9. The van der Waals surface area contributed by atoms with E-state index in [1.54, 1.807) is 17.1 Å². The molecule has 0 spiro atoms. The van der Waals surface area contributed by atoms with E-state index in [0.29, 0.717) is 22.7 Å². The number of fused-ring (bicyclic) bond motifs is 1. The Hall–Kier alpha value is -3.99. The molecule has 0 bridgehead atoms. The number of aromatic amines is 1. The zero-order valence-electron chi connectivity index (χ0n) is 20.8. The molecule has 3 heterocycles. The minimum atomic E-state index is -4.82. The zero-order valence-corrected chi connectivity index (χ0v) is 20.8. The topological polar surface area (TPSA) is 91.1 Å². The molecule has 0 saturated carbocycles. The van der Waals surface area contributed by atoms with E-state index < -0.39 is 23.5 Å². The Kier molecular flexibility index (Phi) is 6.56. The summed E-state index contributed by atoms with van der Waals surface area (Å²) >= 11 is 0. The first-order valence-corrected chi connectivity index (χ1v) is 12.2. The van der Waals surface area contributed by atoms with Crippen molar-refractivity contribution >= 4 is 22.4 Å². The Morgan fingerprint density at radius 1 is 0.921 bits per heavy atom. The average molecular weight is 527 g/mol. The van der Waals surface area contributed by atoms with Gasteiger partial charge in [0.15, 0.2) is 0 Å². The number of hydrogen-bond acceptors (Lipinski definition) is 6. The van der Waals surface area contributed by atoms with Gasteiger partial charge in [-0.1, -0.05) is 18.2 Å². The van der Waals surface area contributed by atoms with E-state index in [1.807, 2.05) is 12.1 Å². The minimum absolute atomic E-state index is 0.0135. The highest BCUT2D eigenvalue weighted by Crippen LogP contribution is 2.34. The van der Waals surface area contributed by atoms with Gasteiger partial charge in [0.1, 0.15) is 5.82 Å². The van der Waals surface area contributed by atoms with Gasteiger partial charge in [-0.2, -0.15) is 17.6 Å². The standard InChI is InChI=1S/C27H26F4N6O/c1-15(2)36-9-11-37(12-10-36)18-6-3-16(4-7-18)20-14-21(24(32)34-23(20)28)17-5-8-19-22(13-17)33-26(27(29,30)31)35-25(19)38/h3-8,13-15H,9-12H2,1-2H3,(H2,32,34)(H,33,35,38). The lowest BCUT2D eigenvalue weighted by atomic mass is 9.99. The molecule has 2 aromatic carbocycles. The predicted octanol–water partition coefficient (Wildman–Crippen LogP) is 4.92. The number of halogens is 4. The van der Waals surface area contributed by atoms with Crippen molar-refractivity contribution in [1.29, 1.82) is 0 Å². The lowest BCUT2D eigenvalue weighted by molar-refractivity contribution is -0.144. The fraction of sp³-hybridized carbons (Fsp3) is 0.296.